The fourth-order valence-corrected chi connectivity index (χ4v) is 2.43. The van der Waals surface area contributed by atoms with Gasteiger partial charge in [-0.15, -0.1) is 0 Å². The first kappa shape index (κ1) is 15.7. The van der Waals surface area contributed by atoms with Crippen LogP contribution in [0.15, 0.2) is 28.7 Å². The average Bonchev–Trinajstić information content (AvgIpc) is 2.42. The fraction of sp³-hybridized carbons (Fsp3) is 0.333. The minimum absolute atomic E-state index is 0.569. The summed E-state index contributed by atoms with van der Waals surface area (Å²) < 4.78 is 6.01. The van der Waals surface area contributed by atoms with Gasteiger partial charge in [0.15, 0.2) is 0 Å². The van der Waals surface area contributed by atoms with Crippen LogP contribution >= 0.6 is 15.9 Å². The Morgan fingerprint density at radius 3 is 2.71 bits per heavy atom. The van der Waals surface area contributed by atoms with Gasteiger partial charge in [0, 0.05) is 29.9 Å². The van der Waals surface area contributed by atoms with E-state index in [0.717, 1.165) is 21.7 Å². The van der Waals surface area contributed by atoms with E-state index < -0.39 is 0 Å². The third-order valence-corrected chi connectivity index (χ3v) is 3.49. The predicted molar refractivity (Wildman–Crippen MR) is 89.3 cm³/mol. The molecule has 0 bridgehead atoms. The lowest BCUT2D eigenvalue weighted by atomic mass is 10.2. The van der Waals surface area contributed by atoms with Crippen molar-refractivity contribution < 1.29 is 4.74 Å². The predicted octanol–water partition coefficient (Wildman–Crippen LogP) is 3.66. The molecule has 2 rings (SSSR count). The number of ether oxygens (including phenoxy) is 1. The summed E-state index contributed by atoms with van der Waals surface area (Å²) in [5, 5.41) is 6.44. The molecule has 0 aliphatic rings. The lowest BCUT2D eigenvalue weighted by molar-refractivity contribution is 0.210. The Morgan fingerprint density at radius 1 is 1.19 bits per heavy atom. The first-order valence-corrected chi connectivity index (χ1v) is 7.49. The zero-order valence-electron chi connectivity index (χ0n) is 12.4. The van der Waals surface area contributed by atoms with E-state index in [1.165, 1.54) is 5.56 Å². The molecule has 2 aromatic rings. The highest BCUT2D eigenvalue weighted by atomic mass is 79.9. The molecular weight excluding hydrogens is 332 g/mol. The van der Waals surface area contributed by atoms with Crippen LogP contribution in [-0.2, 0) is 4.74 Å². The number of nitrogens with one attached hydrogen (secondary N) is 2. The van der Waals surface area contributed by atoms with Gasteiger partial charge in [-0.1, -0.05) is 6.07 Å². The van der Waals surface area contributed by atoms with Crippen LogP contribution in [0.2, 0.25) is 0 Å². The molecule has 6 heteroatoms. The van der Waals surface area contributed by atoms with Crippen LogP contribution in [-0.4, -0.2) is 30.2 Å². The van der Waals surface area contributed by atoms with Crippen molar-refractivity contribution >= 4 is 33.4 Å². The summed E-state index contributed by atoms with van der Waals surface area (Å²) in [5.74, 6) is 1.35. The molecule has 0 fully saturated rings. The van der Waals surface area contributed by atoms with Gasteiger partial charge in [0.25, 0.3) is 0 Å². The zero-order chi connectivity index (χ0) is 15.2. The van der Waals surface area contributed by atoms with E-state index in [4.69, 9.17) is 4.74 Å². The van der Waals surface area contributed by atoms with Crippen molar-refractivity contribution in [2.75, 3.05) is 30.9 Å². The number of methoxy groups -OCH3 is 1. The highest BCUT2D eigenvalue weighted by molar-refractivity contribution is 9.10. The molecule has 1 heterocycles. The van der Waals surface area contributed by atoms with Gasteiger partial charge in [-0.25, -0.2) is 4.98 Å². The minimum atomic E-state index is 0.569. The van der Waals surface area contributed by atoms with E-state index in [2.05, 4.69) is 49.5 Å². The van der Waals surface area contributed by atoms with Gasteiger partial charge in [-0.05, 0) is 47.5 Å². The van der Waals surface area contributed by atoms with Crippen molar-refractivity contribution in [2.24, 2.45) is 0 Å². The van der Waals surface area contributed by atoms with E-state index in [-0.39, 0.29) is 0 Å². The third-order valence-electron chi connectivity index (χ3n) is 2.84. The molecule has 0 radical (unpaired) electrons. The van der Waals surface area contributed by atoms with E-state index in [0.29, 0.717) is 19.1 Å². The molecular formula is C15H19BrN4O. The van der Waals surface area contributed by atoms with Gasteiger partial charge in [0.2, 0.25) is 5.95 Å². The molecule has 0 saturated heterocycles. The number of hydrogen-bond donors (Lipinski definition) is 2. The number of hydrogen-bond acceptors (Lipinski definition) is 5. The number of anilines is 3. The standard InChI is InChI=1S/C15H19BrN4O/c1-10-4-5-13(12(16)8-10)19-15-18-11(2)9-14(20-15)17-6-7-21-3/h4-5,8-9H,6-7H2,1-3H3,(H2,17,18,19,20). The fourth-order valence-electron chi connectivity index (χ4n) is 1.84. The molecule has 0 aliphatic heterocycles. The number of rotatable bonds is 6. The second kappa shape index (κ2) is 7.38. The summed E-state index contributed by atoms with van der Waals surface area (Å²) in [6, 6.07) is 8.00. The van der Waals surface area contributed by atoms with Crippen molar-refractivity contribution in [1.29, 1.82) is 0 Å². The van der Waals surface area contributed by atoms with Gasteiger partial charge in [-0.2, -0.15) is 4.98 Å². The minimum Gasteiger partial charge on any atom is -0.383 e. The summed E-state index contributed by atoms with van der Waals surface area (Å²) in [5.41, 5.74) is 3.03. The zero-order valence-corrected chi connectivity index (χ0v) is 14.0. The van der Waals surface area contributed by atoms with Crippen LogP contribution in [0.1, 0.15) is 11.3 Å². The van der Waals surface area contributed by atoms with Gasteiger partial charge in [0.05, 0.1) is 12.3 Å². The summed E-state index contributed by atoms with van der Waals surface area (Å²) in [4.78, 5) is 8.86. The molecule has 0 spiro atoms. The molecule has 0 atom stereocenters. The number of halogens is 1. The summed E-state index contributed by atoms with van der Waals surface area (Å²) in [6.45, 7) is 5.34. The Kier molecular flexibility index (Phi) is 5.52. The number of aryl methyl sites for hydroxylation is 2. The van der Waals surface area contributed by atoms with E-state index in [1.807, 2.05) is 25.1 Å². The maximum Gasteiger partial charge on any atom is 0.229 e. The van der Waals surface area contributed by atoms with Crippen LogP contribution < -0.4 is 10.6 Å². The number of aromatic nitrogens is 2. The Balaban J connectivity index is 2.15. The van der Waals surface area contributed by atoms with Crippen molar-refractivity contribution in [2.45, 2.75) is 13.8 Å². The first-order chi connectivity index (χ1) is 10.1. The Bertz CT molecular complexity index is 619. The number of nitrogens with zero attached hydrogens (tertiary/aromatic N) is 2. The molecule has 0 aliphatic carbocycles. The smallest absolute Gasteiger partial charge is 0.229 e. The maximum absolute atomic E-state index is 5.02. The maximum atomic E-state index is 5.02. The van der Waals surface area contributed by atoms with Crippen molar-refractivity contribution in [3.63, 3.8) is 0 Å². The number of benzene rings is 1. The Labute approximate surface area is 133 Å². The van der Waals surface area contributed by atoms with Gasteiger partial charge >= 0.3 is 0 Å². The average molecular weight is 351 g/mol. The second-order valence-corrected chi connectivity index (χ2v) is 5.60. The van der Waals surface area contributed by atoms with Crippen molar-refractivity contribution in [3.8, 4) is 0 Å². The van der Waals surface area contributed by atoms with E-state index in [9.17, 15) is 0 Å². The second-order valence-electron chi connectivity index (χ2n) is 4.75. The highest BCUT2D eigenvalue weighted by Crippen LogP contribution is 2.26. The molecule has 112 valence electrons. The quantitative estimate of drug-likeness (QED) is 0.778. The van der Waals surface area contributed by atoms with Gasteiger partial charge in [0.1, 0.15) is 5.82 Å². The molecule has 5 nitrogen and oxygen atoms in total. The monoisotopic (exact) mass is 350 g/mol. The molecule has 2 N–H and O–H groups in total. The molecule has 1 aromatic heterocycles. The van der Waals surface area contributed by atoms with Crippen LogP contribution in [0, 0.1) is 13.8 Å². The molecule has 0 saturated carbocycles. The van der Waals surface area contributed by atoms with Gasteiger partial charge in [-0.3, -0.25) is 0 Å². The topological polar surface area (TPSA) is 59.1 Å². The lowest BCUT2D eigenvalue weighted by Crippen LogP contribution is -2.10. The third kappa shape index (κ3) is 4.68. The van der Waals surface area contributed by atoms with Crippen LogP contribution in [0.4, 0.5) is 17.5 Å². The summed E-state index contributed by atoms with van der Waals surface area (Å²) >= 11 is 3.54. The lowest BCUT2D eigenvalue weighted by Gasteiger charge is -2.11. The molecule has 0 unspecified atom stereocenters. The van der Waals surface area contributed by atoms with Crippen molar-refractivity contribution in [3.05, 3.63) is 40.0 Å². The van der Waals surface area contributed by atoms with Crippen LogP contribution in [0.3, 0.4) is 0 Å². The Hall–Kier alpha value is -1.66. The first-order valence-electron chi connectivity index (χ1n) is 6.70. The van der Waals surface area contributed by atoms with E-state index in [1.54, 1.807) is 7.11 Å². The molecule has 21 heavy (non-hydrogen) atoms. The Morgan fingerprint density at radius 2 is 2.00 bits per heavy atom. The molecule has 1 aromatic carbocycles. The summed E-state index contributed by atoms with van der Waals surface area (Å²) in [6.07, 6.45) is 0. The SMILES string of the molecule is COCCNc1cc(C)nc(Nc2ccc(C)cc2Br)n1. The van der Waals surface area contributed by atoms with Crippen LogP contribution in [0.25, 0.3) is 0 Å². The largest absolute Gasteiger partial charge is 0.383 e. The normalized spacial score (nSPS) is 10.5. The molecule has 0 amide bonds. The van der Waals surface area contributed by atoms with Crippen molar-refractivity contribution in [1.82, 2.24) is 9.97 Å². The highest BCUT2D eigenvalue weighted by Gasteiger charge is 2.05. The van der Waals surface area contributed by atoms with Gasteiger partial charge < -0.3 is 15.4 Å². The van der Waals surface area contributed by atoms with Crippen LogP contribution in [0.5, 0.6) is 0 Å². The summed E-state index contributed by atoms with van der Waals surface area (Å²) in [7, 11) is 1.68. The van der Waals surface area contributed by atoms with E-state index >= 15 is 0 Å².